The predicted molar refractivity (Wildman–Crippen MR) is 73.3 cm³/mol. The summed E-state index contributed by atoms with van der Waals surface area (Å²) in [5.74, 6) is -1.07. The van der Waals surface area contributed by atoms with Gasteiger partial charge in [0.05, 0.1) is 22.9 Å². The highest BCUT2D eigenvalue weighted by Crippen LogP contribution is 2.31. The Morgan fingerprint density at radius 2 is 2.00 bits per heavy atom. The van der Waals surface area contributed by atoms with Crippen molar-refractivity contribution in [3.05, 3.63) is 45.3 Å². The van der Waals surface area contributed by atoms with Gasteiger partial charge in [-0.25, -0.2) is 8.42 Å². The van der Waals surface area contributed by atoms with Crippen LogP contribution in [-0.4, -0.2) is 26.1 Å². The summed E-state index contributed by atoms with van der Waals surface area (Å²) >= 11 is 3.01. The molecule has 1 atom stereocenters. The zero-order chi connectivity index (χ0) is 15.8. The third-order valence-electron chi connectivity index (χ3n) is 2.78. The molecule has 1 heterocycles. The minimum Gasteiger partial charge on any atom is -0.345 e. The summed E-state index contributed by atoms with van der Waals surface area (Å²) in [6.07, 6.45) is -3.28. The second-order valence-electron chi connectivity index (χ2n) is 4.43. The molecule has 4 nitrogen and oxygen atoms in total. The number of carbonyl (C=O) groups is 1. The molecule has 1 amide bonds. The van der Waals surface area contributed by atoms with Crippen molar-refractivity contribution in [2.45, 2.75) is 12.2 Å². The third kappa shape index (κ3) is 3.85. The van der Waals surface area contributed by atoms with Gasteiger partial charge in [0, 0.05) is 9.88 Å². The average Bonchev–Trinajstić information content (AvgIpc) is 2.67. The zero-order valence-corrected chi connectivity index (χ0v) is 12.7. The van der Waals surface area contributed by atoms with Gasteiger partial charge in [-0.05, 0) is 40.2 Å². The Morgan fingerprint density at radius 3 is 2.52 bits per heavy atom. The number of alkyl halides is 3. The van der Waals surface area contributed by atoms with E-state index in [0.29, 0.717) is 6.07 Å². The SMILES string of the molecule is O=C(NC1C=CS(=O)(=O)C1)c1cc(C(F)(F)F)ccc1Br. The first-order valence-corrected chi connectivity index (χ1v) is 8.18. The second-order valence-corrected chi connectivity index (χ2v) is 7.22. The number of halogens is 4. The van der Waals surface area contributed by atoms with Crippen molar-refractivity contribution >= 4 is 31.7 Å². The highest BCUT2D eigenvalue weighted by molar-refractivity contribution is 9.10. The van der Waals surface area contributed by atoms with E-state index < -0.39 is 33.5 Å². The van der Waals surface area contributed by atoms with Gasteiger partial charge in [-0.2, -0.15) is 13.2 Å². The van der Waals surface area contributed by atoms with Crippen LogP contribution in [0.15, 0.2) is 34.2 Å². The Hall–Kier alpha value is -1.35. The normalized spacial score (nSPS) is 20.5. The topological polar surface area (TPSA) is 63.2 Å². The van der Waals surface area contributed by atoms with E-state index in [1.165, 1.54) is 6.08 Å². The predicted octanol–water partition coefficient (Wildman–Crippen LogP) is 2.51. The van der Waals surface area contributed by atoms with Crippen LogP contribution in [0.3, 0.4) is 0 Å². The smallest absolute Gasteiger partial charge is 0.345 e. The fourth-order valence-electron chi connectivity index (χ4n) is 1.79. The van der Waals surface area contributed by atoms with Crippen molar-refractivity contribution in [3.63, 3.8) is 0 Å². The van der Waals surface area contributed by atoms with Crippen molar-refractivity contribution < 1.29 is 26.4 Å². The standard InChI is InChI=1S/C12H9BrF3NO3S/c13-10-2-1-7(12(14,15)16)5-9(10)11(18)17-8-3-4-21(19,20)6-8/h1-5,8H,6H2,(H,17,18). The van der Waals surface area contributed by atoms with Gasteiger partial charge in [0.2, 0.25) is 0 Å². The van der Waals surface area contributed by atoms with E-state index in [9.17, 15) is 26.4 Å². The van der Waals surface area contributed by atoms with Gasteiger partial charge in [-0.15, -0.1) is 0 Å². The molecule has 1 aliphatic heterocycles. The lowest BCUT2D eigenvalue weighted by Crippen LogP contribution is -2.35. The van der Waals surface area contributed by atoms with Crippen LogP contribution in [0, 0.1) is 0 Å². The Morgan fingerprint density at radius 1 is 1.33 bits per heavy atom. The molecule has 0 radical (unpaired) electrons. The molecule has 2 rings (SSSR count). The highest BCUT2D eigenvalue weighted by atomic mass is 79.9. The Balaban J connectivity index is 2.22. The molecular weight excluding hydrogens is 375 g/mol. The Kier molecular flexibility index (Phi) is 4.16. The van der Waals surface area contributed by atoms with Crippen molar-refractivity contribution in [3.8, 4) is 0 Å². The molecule has 21 heavy (non-hydrogen) atoms. The number of sulfone groups is 1. The van der Waals surface area contributed by atoms with E-state index in [4.69, 9.17) is 0 Å². The van der Waals surface area contributed by atoms with Crippen LogP contribution in [0.4, 0.5) is 13.2 Å². The van der Waals surface area contributed by atoms with Crippen LogP contribution >= 0.6 is 15.9 Å². The molecular formula is C12H9BrF3NO3S. The number of carbonyl (C=O) groups excluding carboxylic acids is 1. The summed E-state index contributed by atoms with van der Waals surface area (Å²) in [5.41, 5.74) is -1.16. The summed E-state index contributed by atoms with van der Waals surface area (Å²) in [6.45, 7) is 0. The molecule has 114 valence electrons. The summed E-state index contributed by atoms with van der Waals surface area (Å²) in [5, 5.41) is 3.34. The Bertz CT molecular complexity index is 713. The van der Waals surface area contributed by atoms with E-state index in [0.717, 1.165) is 17.5 Å². The van der Waals surface area contributed by atoms with Gasteiger partial charge in [-0.3, -0.25) is 4.79 Å². The molecule has 0 saturated heterocycles. The minimum atomic E-state index is -4.56. The first-order valence-electron chi connectivity index (χ1n) is 5.67. The number of rotatable bonds is 2. The van der Waals surface area contributed by atoms with Gasteiger partial charge >= 0.3 is 6.18 Å². The number of hydrogen-bond donors (Lipinski definition) is 1. The molecule has 1 aromatic rings. The average molecular weight is 384 g/mol. The van der Waals surface area contributed by atoms with Crippen LogP contribution in [0.1, 0.15) is 15.9 Å². The monoisotopic (exact) mass is 383 g/mol. The van der Waals surface area contributed by atoms with Crippen molar-refractivity contribution in [1.82, 2.24) is 5.32 Å². The fraction of sp³-hybridized carbons (Fsp3) is 0.250. The van der Waals surface area contributed by atoms with Crippen LogP contribution in [0.25, 0.3) is 0 Å². The van der Waals surface area contributed by atoms with Gasteiger partial charge in [-0.1, -0.05) is 0 Å². The van der Waals surface area contributed by atoms with Crippen LogP contribution in [0.5, 0.6) is 0 Å². The molecule has 1 aromatic carbocycles. The molecule has 9 heteroatoms. The van der Waals surface area contributed by atoms with Crippen LogP contribution < -0.4 is 5.32 Å². The summed E-state index contributed by atoms with van der Waals surface area (Å²) in [7, 11) is -3.35. The first-order chi connectivity index (χ1) is 9.58. The third-order valence-corrected chi connectivity index (χ3v) is 4.87. The molecule has 0 bridgehead atoms. The first kappa shape index (κ1) is 16.0. The van der Waals surface area contributed by atoms with Gasteiger partial charge < -0.3 is 5.32 Å². The summed E-state index contributed by atoms with van der Waals surface area (Å²) in [6, 6.07) is 1.94. The van der Waals surface area contributed by atoms with Crippen molar-refractivity contribution in [1.29, 1.82) is 0 Å². The summed E-state index contributed by atoms with van der Waals surface area (Å²) < 4.78 is 60.5. The molecule has 0 fully saturated rings. The quantitative estimate of drug-likeness (QED) is 0.853. The molecule has 1 N–H and O–H groups in total. The maximum absolute atomic E-state index is 12.6. The van der Waals surface area contributed by atoms with E-state index >= 15 is 0 Å². The number of amides is 1. The Labute approximate surface area is 127 Å². The molecule has 1 unspecified atom stereocenters. The maximum Gasteiger partial charge on any atom is 0.416 e. The molecule has 0 aliphatic carbocycles. The fourth-order valence-corrected chi connectivity index (χ4v) is 3.45. The van der Waals surface area contributed by atoms with Crippen LogP contribution in [0.2, 0.25) is 0 Å². The van der Waals surface area contributed by atoms with Crippen molar-refractivity contribution in [2.75, 3.05) is 5.75 Å². The van der Waals surface area contributed by atoms with Gasteiger partial charge in [0.1, 0.15) is 0 Å². The summed E-state index contributed by atoms with van der Waals surface area (Å²) in [4.78, 5) is 12.0. The molecule has 0 aromatic heterocycles. The number of hydrogen-bond acceptors (Lipinski definition) is 3. The van der Waals surface area contributed by atoms with Crippen LogP contribution in [-0.2, 0) is 16.0 Å². The lowest BCUT2D eigenvalue weighted by atomic mass is 10.1. The second kappa shape index (κ2) is 5.45. The lowest BCUT2D eigenvalue weighted by Gasteiger charge is -2.13. The van der Waals surface area contributed by atoms with E-state index in [1.54, 1.807) is 0 Å². The van der Waals surface area contributed by atoms with Gasteiger partial charge in [0.25, 0.3) is 5.91 Å². The molecule has 1 aliphatic rings. The zero-order valence-electron chi connectivity index (χ0n) is 10.3. The van der Waals surface area contributed by atoms with Gasteiger partial charge in [0.15, 0.2) is 9.84 Å². The number of benzene rings is 1. The highest BCUT2D eigenvalue weighted by Gasteiger charge is 2.32. The maximum atomic E-state index is 12.6. The number of nitrogens with one attached hydrogen (secondary N) is 1. The minimum absolute atomic E-state index is 0.192. The molecule has 0 saturated carbocycles. The molecule has 0 spiro atoms. The van der Waals surface area contributed by atoms with E-state index in [2.05, 4.69) is 21.2 Å². The van der Waals surface area contributed by atoms with Crippen molar-refractivity contribution in [2.24, 2.45) is 0 Å². The van der Waals surface area contributed by atoms with E-state index in [1.807, 2.05) is 0 Å². The largest absolute Gasteiger partial charge is 0.416 e. The van der Waals surface area contributed by atoms with E-state index in [-0.39, 0.29) is 15.8 Å². The lowest BCUT2D eigenvalue weighted by molar-refractivity contribution is -0.137.